The van der Waals surface area contributed by atoms with Crippen LogP contribution in [0, 0.1) is 0 Å². The predicted octanol–water partition coefficient (Wildman–Crippen LogP) is 4.65. The van der Waals surface area contributed by atoms with Gasteiger partial charge in [-0.2, -0.15) is 0 Å². The highest BCUT2D eigenvalue weighted by Gasteiger charge is 1.97. The van der Waals surface area contributed by atoms with E-state index in [9.17, 15) is 0 Å². The Labute approximate surface area is 127 Å². The van der Waals surface area contributed by atoms with Crippen molar-refractivity contribution in [2.24, 2.45) is 0 Å². The molecule has 0 unspecified atom stereocenters. The van der Waals surface area contributed by atoms with Gasteiger partial charge in [-0.15, -0.1) is 0 Å². The quantitative estimate of drug-likeness (QED) is 0.754. The normalized spacial score (nSPS) is 10.7. The molecule has 1 N–H and O–H groups in total. The van der Waals surface area contributed by atoms with E-state index in [0.29, 0.717) is 0 Å². The Hall–Kier alpha value is -1.87. The number of hydrogen-bond acceptors (Lipinski definition) is 2. The molecule has 3 heteroatoms. The van der Waals surface area contributed by atoms with Crippen LogP contribution in [0.1, 0.15) is 5.56 Å². The summed E-state index contributed by atoms with van der Waals surface area (Å²) in [4.78, 5) is 4.30. The zero-order valence-electron chi connectivity index (χ0n) is 11.0. The Bertz CT molecular complexity index is 708. The molecular weight excluding hydrogens is 312 g/mol. The topological polar surface area (TPSA) is 24.9 Å². The van der Waals surface area contributed by atoms with E-state index in [1.807, 2.05) is 12.1 Å². The van der Waals surface area contributed by atoms with Crippen molar-refractivity contribution in [3.8, 4) is 0 Å². The van der Waals surface area contributed by atoms with Gasteiger partial charge in [0.25, 0.3) is 0 Å². The summed E-state index contributed by atoms with van der Waals surface area (Å²) in [5.74, 6) is 0.911. The standard InChI is InChI=1S/C17H15BrN2/c18-16-7-8-17(20-12-16)19-10-9-13-5-6-14-3-1-2-4-15(14)11-13/h1-8,11-12H,9-10H2,(H,19,20). The molecular formula is C17H15BrN2. The first-order valence-electron chi connectivity index (χ1n) is 6.64. The van der Waals surface area contributed by atoms with Crippen LogP contribution < -0.4 is 5.32 Å². The van der Waals surface area contributed by atoms with Crippen LogP contribution in [-0.4, -0.2) is 11.5 Å². The Morgan fingerprint density at radius 1 is 0.950 bits per heavy atom. The number of nitrogens with zero attached hydrogens (tertiary/aromatic N) is 1. The molecule has 0 spiro atoms. The SMILES string of the molecule is Brc1ccc(NCCc2ccc3ccccc3c2)nc1. The molecule has 0 bridgehead atoms. The Morgan fingerprint density at radius 3 is 2.60 bits per heavy atom. The van der Waals surface area contributed by atoms with Crippen LogP contribution in [0.5, 0.6) is 0 Å². The van der Waals surface area contributed by atoms with Crippen molar-refractivity contribution in [1.82, 2.24) is 4.98 Å². The van der Waals surface area contributed by atoms with Gasteiger partial charge in [-0.1, -0.05) is 42.5 Å². The highest BCUT2D eigenvalue weighted by atomic mass is 79.9. The molecule has 0 radical (unpaired) electrons. The second-order valence-electron chi connectivity index (χ2n) is 4.72. The number of pyridine rings is 1. The molecule has 0 saturated heterocycles. The molecule has 0 aliphatic carbocycles. The fraction of sp³-hybridized carbons (Fsp3) is 0.118. The van der Waals surface area contributed by atoms with Crippen LogP contribution in [0.15, 0.2) is 65.3 Å². The molecule has 1 heterocycles. The summed E-state index contributed by atoms with van der Waals surface area (Å²) < 4.78 is 0.998. The first-order valence-corrected chi connectivity index (χ1v) is 7.44. The van der Waals surface area contributed by atoms with Crippen molar-refractivity contribution >= 4 is 32.5 Å². The second kappa shape index (κ2) is 6.06. The molecule has 2 nitrogen and oxygen atoms in total. The lowest BCUT2D eigenvalue weighted by Crippen LogP contribution is -2.05. The fourth-order valence-electron chi connectivity index (χ4n) is 2.21. The molecule has 20 heavy (non-hydrogen) atoms. The van der Waals surface area contributed by atoms with Gasteiger partial charge in [0.05, 0.1) is 0 Å². The maximum absolute atomic E-state index is 4.30. The van der Waals surface area contributed by atoms with Gasteiger partial charge in [0.1, 0.15) is 5.82 Å². The maximum Gasteiger partial charge on any atom is 0.125 e. The number of fused-ring (bicyclic) bond motifs is 1. The Balaban J connectivity index is 1.63. The smallest absolute Gasteiger partial charge is 0.125 e. The molecule has 0 saturated carbocycles. The van der Waals surface area contributed by atoms with Gasteiger partial charge in [0, 0.05) is 17.2 Å². The van der Waals surface area contributed by atoms with E-state index in [1.165, 1.54) is 16.3 Å². The molecule has 0 atom stereocenters. The molecule has 2 aromatic carbocycles. The molecule has 3 aromatic rings. The summed E-state index contributed by atoms with van der Waals surface area (Å²) in [6.45, 7) is 0.882. The van der Waals surface area contributed by atoms with E-state index in [0.717, 1.165) is 23.3 Å². The summed E-state index contributed by atoms with van der Waals surface area (Å²) in [6, 6.07) is 19.0. The Kier molecular flexibility index (Phi) is 3.97. The van der Waals surface area contributed by atoms with E-state index < -0.39 is 0 Å². The van der Waals surface area contributed by atoms with Crippen LogP contribution in [0.4, 0.5) is 5.82 Å². The minimum Gasteiger partial charge on any atom is -0.370 e. The van der Waals surface area contributed by atoms with E-state index in [-0.39, 0.29) is 0 Å². The lowest BCUT2D eigenvalue weighted by Gasteiger charge is -2.06. The number of halogens is 1. The molecule has 0 fully saturated rings. The number of benzene rings is 2. The van der Waals surface area contributed by atoms with Crippen LogP contribution in [0.25, 0.3) is 10.8 Å². The average molecular weight is 327 g/mol. The number of hydrogen-bond donors (Lipinski definition) is 1. The van der Waals surface area contributed by atoms with Crippen molar-refractivity contribution in [3.05, 3.63) is 70.8 Å². The average Bonchev–Trinajstić information content (AvgIpc) is 2.49. The van der Waals surface area contributed by atoms with Gasteiger partial charge in [0.15, 0.2) is 0 Å². The Morgan fingerprint density at radius 2 is 1.80 bits per heavy atom. The first-order chi connectivity index (χ1) is 9.81. The van der Waals surface area contributed by atoms with Crippen molar-refractivity contribution in [2.45, 2.75) is 6.42 Å². The van der Waals surface area contributed by atoms with Crippen LogP contribution in [0.2, 0.25) is 0 Å². The molecule has 0 aliphatic rings. The summed E-state index contributed by atoms with van der Waals surface area (Å²) in [7, 11) is 0. The first kappa shape index (κ1) is 13.1. The van der Waals surface area contributed by atoms with Gasteiger partial charge in [0.2, 0.25) is 0 Å². The van der Waals surface area contributed by atoms with Gasteiger partial charge >= 0.3 is 0 Å². The lowest BCUT2D eigenvalue weighted by atomic mass is 10.1. The highest BCUT2D eigenvalue weighted by Crippen LogP contribution is 2.16. The zero-order valence-corrected chi connectivity index (χ0v) is 12.6. The van der Waals surface area contributed by atoms with E-state index >= 15 is 0 Å². The highest BCUT2D eigenvalue weighted by molar-refractivity contribution is 9.10. The van der Waals surface area contributed by atoms with Gasteiger partial charge in [-0.25, -0.2) is 4.98 Å². The fourth-order valence-corrected chi connectivity index (χ4v) is 2.44. The molecule has 3 rings (SSSR count). The number of anilines is 1. The van der Waals surface area contributed by atoms with Crippen molar-refractivity contribution < 1.29 is 0 Å². The molecule has 1 aromatic heterocycles. The zero-order chi connectivity index (χ0) is 13.8. The molecule has 100 valence electrons. The van der Waals surface area contributed by atoms with Crippen LogP contribution in [0.3, 0.4) is 0 Å². The summed E-state index contributed by atoms with van der Waals surface area (Å²) >= 11 is 3.38. The lowest BCUT2D eigenvalue weighted by molar-refractivity contribution is 1.01. The summed E-state index contributed by atoms with van der Waals surface area (Å²) in [5, 5.41) is 5.92. The third-order valence-electron chi connectivity index (χ3n) is 3.26. The van der Waals surface area contributed by atoms with Crippen LogP contribution in [-0.2, 0) is 6.42 Å². The largest absolute Gasteiger partial charge is 0.370 e. The third-order valence-corrected chi connectivity index (χ3v) is 3.73. The molecule has 0 aliphatic heterocycles. The van der Waals surface area contributed by atoms with Gasteiger partial charge in [-0.05, 0) is 50.8 Å². The summed E-state index contributed by atoms with van der Waals surface area (Å²) in [5.41, 5.74) is 1.34. The van der Waals surface area contributed by atoms with E-state index in [1.54, 1.807) is 6.20 Å². The van der Waals surface area contributed by atoms with Crippen LogP contribution >= 0.6 is 15.9 Å². The number of nitrogens with one attached hydrogen (secondary N) is 1. The monoisotopic (exact) mass is 326 g/mol. The second-order valence-corrected chi connectivity index (χ2v) is 5.64. The maximum atomic E-state index is 4.30. The van der Waals surface area contributed by atoms with Crippen molar-refractivity contribution in [3.63, 3.8) is 0 Å². The van der Waals surface area contributed by atoms with Gasteiger partial charge < -0.3 is 5.32 Å². The van der Waals surface area contributed by atoms with Gasteiger partial charge in [-0.3, -0.25) is 0 Å². The number of rotatable bonds is 4. The minimum atomic E-state index is 0.882. The number of aromatic nitrogens is 1. The molecule has 0 amide bonds. The van der Waals surface area contributed by atoms with Crippen molar-refractivity contribution in [1.29, 1.82) is 0 Å². The van der Waals surface area contributed by atoms with E-state index in [2.05, 4.69) is 68.7 Å². The predicted molar refractivity (Wildman–Crippen MR) is 88.1 cm³/mol. The minimum absolute atomic E-state index is 0.882. The third kappa shape index (κ3) is 3.17. The summed E-state index contributed by atoms with van der Waals surface area (Å²) in [6.07, 6.45) is 2.79. The van der Waals surface area contributed by atoms with E-state index in [4.69, 9.17) is 0 Å². The van der Waals surface area contributed by atoms with Crippen molar-refractivity contribution in [2.75, 3.05) is 11.9 Å².